The summed E-state index contributed by atoms with van der Waals surface area (Å²) in [4.78, 5) is 24.8. The Balaban J connectivity index is 1.81. The molecule has 0 fully saturated rings. The van der Waals surface area contributed by atoms with E-state index in [1.54, 1.807) is 24.3 Å². The molecule has 1 aromatic heterocycles. The number of carbonyl (C=O) groups excluding carboxylic acids is 1. The van der Waals surface area contributed by atoms with Crippen LogP contribution in [0.15, 0.2) is 53.2 Å². The molecule has 0 spiro atoms. The molecule has 3 aromatic rings. The standard InChI is InChI=1S/C23H27FN6O3S/c1-14(2)20(25)22(31)30-34(4,32)12-15-6-5-7-17(10-15)28-23-27-13-26-21(29-23)18-9-8-16(24)11-19(18)33-3/h5-11,13-14,20H,12,25H2,1-4H3,(H,26,27,28,29)/t20-,34+/m0/s1. The third-order valence-corrected chi connectivity index (χ3v) is 6.32. The molecule has 0 saturated heterocycles. The quantitative estimate of drug-likeness (QED) is 0.494. The number of rotatable bonds is 8. The molecule has 2 aromatic carbocycles. The Kier molecular flexibility index (Phi) is 7.90. The molecule has 0 unspecified atom stereocenters. The summed E-state index contributed by atoms with van der Waals surface area (Å²) in [6.07, 6.45) is 2.77. The van der Waals surface area contributed by atoms with E-state index < -0.39 is 27.5 Å². The first-order valence-corrected chi connectivity index (χ1v) is 12.6. The van der Waals surface area contributed by atoms with Crippen LogP contribution in [0, 0.1) is 11.7 Å². The lowest BCUT2D eigenvalue weighted by molar-refractivity contribution is -0.119. The zero-order chi connectivity index (χ0) is 24.9. The van der Waals surface area contributed by atoms with Gasteiger partial charge in [0, 0.05) is 18.0 Å². The zero-order valence-corrected chi connectivity index (χ0v) is 20.2. The molecule has 180 valence electrons. The summed E-state index contributed by atoms with van der Waals surface area (Å²) < 4.78 is 35.5. The van der Waals surface area contributed by atoms with Crippen LogP contribution in [-0.2, 0) is 20.3 Å². The first kappa shape index (κ1) is 25.2. The number of anilines is 2. The number of halogens is 1. The van der Waals surface area contributed by atoms with Gasteiger partial charge in [-0.25, -0.2) is 18.6 Å². The van der Waals surface area contributed by atoms with Crippen LogP contribution in [0.3, 0.4) is 0 Å². The van der Waals surface area contributed by atoms with Crippen molar-refractivity contribution in [3.63, 3.8) is 0 Å². The minimum atomic E-state index is -2.82. The number of nitrogens with one attached hydrogen (secondary N) is 1. The smallest absolute Gasteiger partial charge is 0.270 e. The van der Waals surface area contributed by atoms with Gasteiger partial charge < -0.3 is 15.8 Å². The highest BCUT2D eigenvalue weighted by molar-refractivity contribution is 7.92. The maximum Gasteiger partial charge on any atom is 0.270 e. The molecule has 0 radical (unpaired) electrons. The number of carbonyl (C=O) groups is 1. The van der Waals surface area contributed by atoms with E-state index in [2.05, 4.69) is 24.6 Å². The van der Waals surface area contributed by atoms with Gasteiger partial charge in [-0.15, -0.1) is 0 Å². The number of hydrogen-bond donors (Lipinski definition) is 2. The Morgan fingerprint density at radius 1 is 1.24 bits per heavy atom. The molecule has 0 aliphatic heterocycles. The predicted octanol–water partition coefficient (Wildman–Crippen LogP) is 3.54. The third kappa shape index (κ3) is 6.55. The molecular formula is C23H27FN6O3S. The van der Waals surface area contributed by atoms with Crippen LogP contribution in [0.5, 0.6) is 5.75 Å². The normalized spacial score (nSPS) is 13.7. The lowest BCUT2D eigenvalue weighted by Gasteiger charge is -2.12. The lowest BCUT2D eigenvalue weighted by Crippen LogP contribution is -2.34. The molecule has 34 heavy (non-hydrogen) atoms. The van der Waals surface area contributed by atoms with E-state index in [1.165, 1.54) is 37.9 Å². The minimum absolute atomic E-state index is 0.0777. The molecular weight excluding hydrogens is 459 g/mol. The Hall–Kier alpha value is -3.44. The van der Waals surface area contributed by atoms with E-state index in [0.29, 0.717) is 28.4 Å². The number of methoxy groups -OCH3 is 1. The zero-order valence-electron chi connectivity index (χ0n) is 19.4. The first-order valence-electron chi connectivity index (χ1n) is 10.5. The largest absolute Gasteiger partial charge is 0.496 e. The molecule has 0 bridgehead atoms. The molecule has 9 nitrogen and oxygen atoms in total. The van der Waals surface area contributed by atoms with Crippen molar-refractivity contribution in [3.05, 3.63) is 60.2 Å². The number of nitrogens with two attached hydrogens (primary N) is 1. The van der Waals surface area contributed by atoms with Gasteiger partial charge in [0.05, 0.1) is 34.2 Å². The Morgan fingerprint density at radius 3 is 2.71 bits per heavy atom. The predicted molar refractivity (Wildman–Crippen MR) is 130 cm³/mol. The van der Waals surface area contributed by atoms with Gasteiger partial charge in [-0.3, -0.25) is 4.79 Å². The van der Waals surface area contributed by atoms with Gasteiger partial charge >= 0.3 is 0 Å². The number of hydrogen-bond acceptors (Lipinski definition) is 8. The molecule has 11 heteroatoms. The molecule has 0 aliphatic rings. The number of benzene rings is 2. The molecule has 1 amide bonds. The average molecular weight is 487 g/mol. The van der Waals surface area contributed by atoms with E-state index >= 15 is 0 Å². The number of ether oxygens (including phenoxy) is 1. The molecule has 1 heterocycles. The van der Waals surface area contributed by atoms with Crippen molar-refractivity contribution in [1.29, 1.82) is 0 Å². The number of amides is 1. The maximum absolute atomic E-state index is 13.5. The molecule has 3 rings (SSSR count). The second kappa shape index (κ2) is 10.7. The SMILES string of the molecule is COc1cc(F)ccc1-c1ncnc(Nc2cccc(C[S@@](C)(=O)=NC(=O)[C@@H](N)C(C)C)c2)n1. The highest BCUT2D eigenvalue weighted by Crippen LogP contribution is 2.28. The van der Waals surface area contributed by atoms with Gasteiger partial charge in [0.1, 0.15) is 17.9 Å². The number of aromatic nitrogens is 3. The van der Waals surface area contributed by atoms with Crippen molar-refractivity contribution >= 4 is 27.3 Å². The summed E-state index contributed by atoms with van der Waals surface area (Å²) in [7, 11) is -1.39. The van der Waals surface area contributed by atoms with E-state index in [1.807, 2.05) is 13.8 Å². The average Bonchev–Trinajstić information content (AvgIpc) is 2.78. The maximum atomic E-state index is 13.5. The lowest BCUT2D eigenvalue weighted by atomic mass is 10.1. The van der Waals surface area contributed by atoms with Crippen LogP contribution < -0.4 is 15.8 Å². The van der Waals surface area contributed by atoms with Crippen LogP contribution in [0.25, 0.3) is 11.4 Å². The van der Waals surface area contributed by atoms with Gasteiger partial charge in [0.2, 0.25) is 5.95 Å². The van der Waals surface area contributed by atoms with Crippen molar-refractivity contribution in [3.8, 4) is 17.1 Å². The molecule has 3 N–H and O–H groups in total. The highest BCUT2D eigenvalue weighted by atomic mass is 32.2. The summed E-state index contributed by atoms with van der Waals surface area (Å²) in [5.74, 6) is -0.155. The van der Waals surface area contributed by atoms with Crippen molar-refractivity contribution in [2.45, 2.75) is 25.6 Å². The highest BCUT2D eigenvalue weighted by Gasteiger charge is 2.19. The van der Waals surface area contributed by atoms with Gasteiger partial charge in [-0.05, 0) is 35.7 Å². The Labute approximate surface area is 198 Å². The van der Waals surface area contributed by atoms with Crippen LogP contribution >= 0.6 is 0 Å². The summed E-state index contributed by atoms with van der Waals surface area (Å²) in [5.41, 5.74) is 7.69. The van der Waals surface area contributed by atoms with Crippen molar-refractivity contribution in [2.24, 2.45) is 16.0 Å². The van der Waals surface area contributed by atoms with Crippen molar-refractivity contribution in [1.82, 2.24) is 15.0 Å². The van der Waals surface area contributed by atoms with Crippen molar-refractivity contribution in [2.75, 3.05) is 18.7 Å². The fraction of sp³-hybridized carbons (Fsp3) is 0.304. The van der Waals surface area contributed by atoms with Gasteiger partial charge in [0.15, 0.2) is 5.82 Å². The summed E-state index contributed by atoms with van der Waals surface area (Å²) in [6, 6.07) is 10.4. The monoisotopic (exact) mass is 486 g/mol. The second-order valence-corrected chi connectivity index (χ2v) is 10.5. The van der Waals surface area contributed by atoms with Gasteiger partial charge in [-0.2, -0.15) is 9.35 Å². The molecule has 0 saturated carbocycles. The Bertz CT molecular complexity index is 1310. The van der Waals surface area contributed by atoms with E-state index in [9.17, 15) is 13.4 Å². The van der Waals surface area contributed by atoms with Crippen LogP contribution in [0.4, 0.5) is 16.0 Å². The second-order valence-electron chi connectivity index (χ2n) is 8.11. The van der Waals surface area contributed by atoms with E-state index in [4.69, 9.17) is 10.5 Å². The fourth-order valence-electron chi connectivity index (χ4n) is 3.08. The van der Waals surface area contributed by atoms with Crippen LogP contribution in [0.1, 0.15) is 19.4 Å². The van der Waals surface area contributed by atoms with E-state index in [-0.39, 0.29) is 17.6 Å². The Morgan fingerprint density at radius 2 is 2.00 bits per heavy atom. The third-order valence-electron chi connectivity index (χ3n) is 4.88. The summed E-state index contributed by atoms with van der Waals surface area (Å²) in [5, 5.41) is 3.08. The van der Waals surface area contributed by atoms with Crippen LogP contribution in [0.2, 0.25) is 0 Å². The molecule has 2 atom stereocenters. The fourth-order valence-corrected chi connectivity index (χ4v) is 4.45. The van der Waals surface area contributed by atoms with Crippen LogP contribution in [-0.4, -0.2) is 44.5 Å². The summed E-state index contributed by atoms with van der Waals surface area (Å²) >= 11 is 0. The van der Waals surface area contributed by atoms with Gasteiger partial charge in [0.25, 0.3) is 5.91 Å². The van der Waals surface area contributed by atoms with Crippen molar-refractivity contribution < 1.29 is 18.1 Å². The summed E-state index contributed by atoms with van der Waals surface area (Å²) in [6.45, 7) is 3.62. The topological polar surface area (TPSA) is 132 Å². The minimum Gasteiger partial charge on any atom is -0.496 e. The van der Waals surface area contributed by atoms with E-state index in [0.717, 1.165) is 0 Å². The first-order chi connectivity index (χ1) is 16.1. The van der Waals surface area contributed by atoms with Gasteiger partial charge in [-0.1, -0.05) is 26.0 Å². The molecule has 0 aliphatic carbocycles. The number of nitrogens with zero attached hydrogens (tertiary/aromatic N) is 4.